The van der Waals surface area contributed by atoms with Crippen molar-refractivity contribution in [3.05, 3.63) is 35.9 Å². The molecule has 1 heterocycles. The van der Waals surface area contributed by atoms with Crippen molar-refractivity contribution in [2.75, 3.05) is 13.1 Å². The predicted molar refractivity (Wildman–Crippen MR) is 79.9 cm³/mol. The molecule has 5 nitrogen and oxygen atoms in total. The topological polar surface area (TPSA) is 78.4 Å². The Morgan fingerprint density at radius 1 is 1.33 bits per heavy atom. The number of hydrogen-bond acceptors (Lipinski definition) is 3. The zero-order chi connectivity index (χ0) is 15.1. The van der Waals surface area contributed by atoms with Gasteiger partial charge in [-0.15, -0.1) is 0 Å². The Morgan fingerprint density at radius 2 is 2.10 bits per heavy atom. The second-order valence-corrected chi connectivity index (χ2v) is 5.56. The van der Waals surface area contributed by atoms with Gasteiger partial charge < -0.3 is 15.7 Å². The molecule has 114 valence electrons. The van der Waals surface area contributed by atoms with Gasteiger partial charge in [-0.3, -0.25) is 4.79 Å². The van der Waals surface area contributed by atoms with Gasteiger partial charge in [-0.1, -0.05) is 30.3 Å². The smallest absolute Gasteiger partial charge is 0.326 e. The number of benzene rings is 1. The van der Waals surface area contributed by atoms with Gasteiger partial charge in [-0.05, 0) is 37.4 Å². The van der Waals surface area contributed by atoms with Crippen LogP contribution in [0.5, 0.6) is 0 Å². The van der Waals surface area contributed by atoms with Gasteiger partial charge in [-0.2, -0.15) is 0 Å². The normalized spacial score (nSPS) is 19.7. The Balaban J connectivity index is 1.86. The van der Waals surface area contributed by atoms with Crippen molar-refractivity contribution in [3.63, 3.8) is 0 Å². The summed E-state index contributed by atoms with van der Waals surface area (Å²) >= 11 is 0. The molecule has 3 N–H and O–H groups in total. The van der Waals surface area contributed by atoms with E-state index in [9.17, 15) is 14.7 Å². The molecule has 1 unspecified atom stereocenters. The van der Waals surface area contributed by atoms with Crippen LogP contribution in [0, 0.1) is 5.92 Å². The van der Waals surface area contributed by atoms with Gasteiger partial charge in [0, 0.05) is 12.8 Å². The quantitative estimate of drug-likeness (QED) is 0.735. The van der Waals surface area contributed by atoms with E-state index in [0.717, 1.165) is 31.5 Å². The van der Waals surface area contributed by atoms with E-state index in [2.05, 4.69) is 10.6 Å². The number of hydrogen-bond donors (Lipinski definition) is 3. The Kier molecular flexibility index (Phi) is 5.75. The monoisotopic (exact) mass is 290 g/mol. The van der Waals surface area contributed by atoms with Crippen LogP contribution < -0.4 is 10.6 Å². The lowest BCUT2D eigenvalue weighted by atomic mass is 9.95. The molecule has 1 saturated heterocycles. The van der Waals surface area contributed by atoms with Crippen LogP contribution in [0.15, 0.2) is 30.3 Å². The van der Waals surface area contributed by atoms with Crippen molar-refractivity contribution in [3.8, 4) is 0 Å². The van der Waals surface area contributed by atoms with Crippen LogP contribution >= 0.6 is 0 Å². The lowest BCUT2D eigenvalue weighted by molar-refractivity contribution is -0.141. The van der Waals surface area contributed by atoms with Gasteiger partial charge in [0.2, 0.25) is 5.91 Å². The zero-order valence-electron chi connectivity index (χ0n) is 12.0. The lowest BCUT2D eigenvalue weighted by Crippen LogP contribution is -2.43. The van der Waals surface area contributed by atoms with Crippen molar-refractivity contribution in [2.45, 2.75) is 31.7 Å². The summed E-state index contributed by atoms with van der Waals surface area (Å²) in [6.07, 6.45) is 2.80. The number of aliphatic carboxylic acids is 1. The van der Waals surface area contributed by atoms with Crippen molar-refractivity contribution in [1.29, 1.82) is 0 Å². The largest absolute Gasteiger partial charge is 0.480 e. The maximum atomic E-state index is 12.0. The summed E-state index contributed by atoms with van der Waals surface area (Å²) < 4.78 is 0. The molecule has 1 aromatic carbocycles. The number of amides is 1. The maximum absolute atomic E-state index is 12.0. The summed E-state index contributed by atoms with van der Waals surface area (Å²) in [7, 11) is 0. The molecule has 1 amide bonds. The van der Waals surface area contributed by atoms with Gasteiger partial charge >= 0.3 is 5.97 Å². The van der Waals surface area contributed by atoms with Gasteiger partial charge in [-0.25, -0.2) is 4.79 Å². The average Bonchev–Trinajstić information content (AvgIpc) is 2.48. The minimum atomic E-state index is -0.992. The fourth-order valence-electron chi connectivity index (χ4n) is 2.66. The number of carbonyl (C=O) groups excluding carboxylic acids is 1. The SMILES string of the molecule is O=C(CC1CCCNC1)N[C@@H](Cc1ccccc1)C(=O)O. The summed E-state index contributed by atoms with van der Waals surface area (Å²) in [5.74, 6) is -0.856. The number of nitrogens with one attached hydrogen (secondary N) is 2. The molecular weight excluding hydrogens is 268 g/mol. The maximum Gasteiger partial charge on any atom is 0.326 e. The highest BCUT2D eigenvalue weighted by Gasteiger charge is 2.23. The van der Waals surface area contributed by atoms with E-state index in [0.29, 0.717) is 18.8 Å². The minimum absolute atomic E-state index is 0.174. The lowest BCUT2D eigenvalue weighted by Gasteiger charge is -2.23. The van der Waals surface area contributed by atoms with Crippen LogP contribution in [-0.2, 0) is 16.0 Å². The molecule has 2 rings (SSSR count). The van der Waals surface area contributed by atoms with Gasteiger partial charge in [0.25, 0.3) is 0 Å². The molecule has 21 heavy (non-hydrogen) atoms. The summed E-state index contributed by atoms with van der Waals surface area (Å²) in [6.45, 7) is 1.84. The summed E-state index contributed by atoms with van der Waals surface area (Å²) in [6, 6.07) is 8.48. The number of carboxylic acid groups (broad SMARTS) is 1. The zero-order valence-corrected chi connectivity index (χ0v) is 12.0. The van der Waals surface area contributed by atoms with E-state index in [-0.39, 0.29) is 5.91 Å². The fraction of sp³-hybridized carbons (Fsp3) is 0.500. The average molecular weight is 290 g/mol. The molecule has 0 aliphatic carbocycles. The molecule has 0 radical (unpaired) electrons. The number of piperidine rings is 1. The standard InChI is InChI=1S/C16H22N2O3/c19-15(10-13-7-4-8-17-11-13)18-14(16(20)21)9-12-5-2-1-3-6-12/h1-3,5-6,13-14,17H,4,7-11H2,(H,18,19)(H,20,21)/t13?,14-/m0/s1. The Hall–Kier alpha value is -1.88. The van der Waals surface area contributed by atoms with Crippen molar-refractivity contribution in [1.82, 2.24) is 10.6 Å². The van der Waals surface area contributed by atoms with Crippen LogP contribution in [0.2, 0.25) is 0 Å². The predicted octanol–water partition coefficient (Wildman–Crippen LogP) is 1.19. The summed E-state index contributed by atoms with van der Waals surface area (Å²) in [5, 5.41) is 15.2. The van der Waals surface area contributed by atoms with Crippen molar-refractivity contribution < 1.29 is 14.7 Å². The van der Waals surface area contributed by atoms with Gasteiger partial charge in [0.1, 0.15) is 6.04 Å². The summed E-state index contributed by atoms with van der Waals surface area (Å²) in [5.41, 5.74) is 0.907. The van der Waals surface area contributed by atoms with Crippen LogP contribution in [0.4, 0.5) is 0 Å². The number of rotatable bonds is 6. The van der Waals surface area contributed by atoms with E-state index in [1.807, 2.05) is 30.3 Å². The second kappa shape index (κ2) is 7.78. The van der Waals surface area contributed by atoms with E-state index in [4.69, 9.17) is 0 Å². The second-order valence-electron chi connectivity index (χ2n) is 5.56. The molecule has 1 aliphatic rings. The molecule has 1 fully saturated rings. The van der Waals surface area contributed by atoms with E-state index in [1.165, 1.54) is 0 Å². The van der Waals surface area contributed by atoms with Crippen LogP contribution in [-0.4, -0.2) is 36.1 Å². The highest BCUT2D eigenvalue weighted by Crippen LogP contribution is 2.14. The molecule has 2 atom stereocenters. The van der Waals surface area contributed by atoms with Gasteiger partial charge in [0.05, 0.1) is 0 Å². The molecule has 1 aromatic rings. The molecule has 0 bridgehead atoms. The highest BCUT2D eigenvalue weighted by molar-refractivity contribution is 5.83. The van der Waals surface area contributed by atoms with Crippen LogP contribution in [0.3, 0.4) is 0 Å². The van der Waals surface area contributed by atoms with Crippen molar-refractivity contribution in [2.24, 2.45) is 5.92 Å². The van der Waals surface area contributed by atoms with Gasteiger partial charge in [0.15, 0.2) is 0 Å². The first-order chi connectivity index (χ1) is 10.1. The molecule has 0 aromatic heterocycles. The highest BCUT2D eigenvalue weighted by atomic mass is 16.4. The van der Waals surface area contributed by atoms with Crippen LogP contribution in [0.25, 0.3) is 0 Å². The summed E-state index contributed by atoms with van der Waals surface area (Å²) in [4.78, 5) is 23.3. The minimum Gasteiger partial charge on any atom is -0.480 e. The fourth-order valence-corrected chi connectivity index (χ4v) is 2.66. The molecule has 0 saturated carbocycles. The Labute approximate surface area is 124 Å². The number of carboxylic acids is 1. The third-order valence-electron chi connectivity index (χ3n) is 3.79. The van der Waals surface area contributed by atoms with E-state index < -0.39 is 12.0 Å². The Bertz CT molecular complexity index is 470. The first-order valence-corrected chi connectivity index (χ1v) is 7.42. The van der Waals surface area contributed by atoms with Crippen LogP contribution in [0.1, 0.15) is 24.8 Å². The molecule has 0 spiro atoms. The number of carbonyl (C=O) groups is 2. The molecule has 5 heteroatoms. The Morgan fingerprint density at radius 3 is 2.71 bits per heavy atom. The molecule has 1 aliphatic heterocycles. The van der Waals surface area contributed by atoms with Crippen molar-refractivity contribution >= 4 is 11.9 Å². The van der Waals surface area contributed by atoms with E-state index in [1.54, 1.807) is 0 Å². The van der Waals surface area contributed by atoms with E-state index >= 15 is 0 Å². The third-order valence-corrected chi connectivity index (χ3v) is 3.79. The third kappa shape index (κ3) is 5.19. The first kappa shape index (κ1) is 15.5. The molecular formula is C16H22N2O3. The first-order valence-electron chi connectivity index (χ1n) is 7.42.